The third-order valence-corrected chi connectivity index (χ3v) is 5.32. The fraction of sp³-hybridized carbons (Fsp3) is 0.208. The van der Waals surface area contributed by atoms with Crippen LogP contribution in [0.1, 0.15) is 27.4 Å². The molecule has 146 valence electrons. The quantitative estimate of drug-likeness (QED) is 0.693. The highest BCUT2D eigenvalue weighted by Gasteiger charge is 2.31. The summed E-state index contributed by atoms with van der Waals surface area (Å²) < 4.78 is 0. The first-order valence-corrected chi connectivity index (χ1v) is 9.82. The van der Waals surface area contributed by atoms with Crippen LogP contribution in [0, 0.1) is 0 Å². The van der Waals surface area contributed by atoms with Crippen molar-refractivity contribution < 1.29 is 9.59 Å². The SMILES string of the molecule is O=C(c1ccncc1)N1CCN(C(=O)C(c2ccccc2)c2ccccc2)CC1. The molecule has 0 unspecified atom stereocenters. The normalized spacial score (nSPS) is 14.1. The van der Waals surface area contributed by atoms with Crippen LogP contribution in [0.15, 0.2) is 85.2 Å². The molecule has 0 bridgehead atoms. The van der Waals surface area contributed by atoms with Crippen molar-refractivity contribution in [3.05, 3.63) is 102 Å². The van der Waals surface area contributed by atoms with Gasteiger partial charge in [-0.15, -0.1) is 0 Å². The number of hydrogen-bond acceptors (Lipinski definition) is 3. The van der Waals surface area contributed by atoms with E-state index < -0.39 is 0 Å². The van der Waals surface area contributed by atoms with Crippen molar-refractivity contribution in [1.82, 2.24) is 14.8 Å². The van der Waals surface area contributed by atoms with Crippen LogP contribution in [0.5, 0.6) is 0 Å². The van der Waals surface area contributed by atoms with Gasteiger partial charge in [0, 0.05) is 44.1 Å². The van der Waals surface area contributed by atoms with Crippen molar-refractivity contribution in [3.8, 4) is 0 Å². The predicted octanol–water partition coefficient (Wildman–Crippen LogP) is 3.20. The van der Waals surface area contributed by atoms with Gasteiger partial charge in [0.1, 0.15) is 0 Å². The molecule has 5 heteroatoms. The Hall–Kier alpha value is -3.47. The molecular formula is C24H23N3O2. The lowest BCUT2D eigenvalue weighted by Gasteiger charge is -2.36. The maximum atomic E-state index is 13.5. The van der Waals surface area contributed by atoms with E-state index in [9.17, 15) is 9.59 Å². The summed E-state index contributed by atoms with van der Waals surface area (Å²) in [4.78, 5) is 33.7. The van der Waals surface area contributed by atoms with Crippen LogP contribution < -0.4 is 0 Å². The van der Waals surface area contributed by atoms with Gasteiger partial charge in [-0.3, -0.25) is 14.6 Å². The van der Waals surface area contributed by atoms with Crippen LogP contribution in [-0.4, -0.2) is 52.8 Å². The van der Waals surface area contributed by atoms with Gasteiger partial charge in [0.2, 0.25) is 5.91 Å². The van der Waals surface area contributed by atoms with Gasteiger partial charge in [0.25, 0.3) is 5.91 Å². The smallest absolute Gasteiger partial charge is 0.254 e. The Morgan fingerprint density at radius 1 is 0.690 bits per heavy atom. The van der Waals surface area contributed by atoms with Gasteiger partial charge in [-0.25, -0.2) is 0 Å². The minimum absolute atomic E-state index is 0.0119. The Kier molecular flexibility index (Phi) is 5.66. The van der Waals surface area contributed by atoms with Crippen molar-refractivity contribution in [2.24, 2.45) is 0 Å². The van der Waals surface area contributed by atoms with Gasteiger partial charge in [0.15, 0.2) is 0 Å². The molecule has 1 aliphatic rings. The van der Waals surface area contributed by atoms with Crippen molar-refractivity contribution in [2.45, 2.75) is 5.92 Å². The molecule has 1 saturated heterocycles. The third kappa shape index (κ3) is 4.19. The van der Waals surface area contributed by atoms with E-state index in [4.69, 9.17) is 0 Å². The number of hydrogen-bond donors (Lipinski definition) is 0. The average Bonchev–Trinajstić information content (AvgIpc) is 2.81. The van der Waals surface area contributed by atoms with Crippen molar-refractivity contribution >= 4 is 11.8 Å². The Morgan fingerprint density at radius 3 is 1.69 bits per heavy atom. The molecule has 1 fully saturated rings. The number of rotatable bonds is 4. The van der Waals surface area contributed by atoms with Gasteiger partial charge in [-0.05, 0) is 23.3 Å². The number of piperazine rings is 1. The Labute approximate surface area is 170 Å². The van der Waals surface area contributed by atoms with E-state index in [1.165, 1.54) is 0 Å². The zero-order valence-electron chi connectivity index (χ0n) is 16.1. The largest absolute Gasteiger partial charge is 0.338 e. The average molecular weight is 385 g/mol. The highest BCUT2D eigenvalue weighted by Crippen LogP contribution is 2.27. The molecule has 0 saturated carbocycles. The van der Waals surface area contributed by atoms with Crippen LogP contribution in [0.25, 0.3) is 0 Å². The summed E-state index contributed by atoms with van der Waals surface area (Å²) in [6, 6.07) is 23.2. The molecule has 0 radical (unpaired) electrons. The van der Waals surface area contributed by atoms with Crippen LogP contribution >= 0.6 is 0 Å². The number of carbonyl (C=O) groups excluding carboxylic acids is 2. The summed E-state index contributed by atoms with van der Waals surface area (Å²) in [6.45, 7) is 2.13. The zero-order valence-corrected chi connectivity index (χ0v) is 16.1. The summed E-state index contributed by atoms with van der Waals surface area (Å²) >= 11 is 0. The third-order valence-electron chi connectivity index (χ3n) is 5.32. The van der Waals surface area contributed by atoms with Crippen LogP contribution in [0.4, 0.5) is 0 Å². The molecule has 3 aromatic rings. The molecule has 2 aromatic carbocycles. The second-order valence-corrected chi connectivity index (χ2v) is 7.11. The minimum Gasteiger partial charge on any atom is -0.338 e. The summed E-state index contributed by atoms with van der Waals surface area (Å²) in [5.74, 6) is -0.263. The van der Waals surface area contributed by atoms with Crippen LogP contribution in [-0.2, 0) is 4.79 Å². The van der Waals surface area contributed by atoms with E-state index in [0.29, 0.717) is 31.7 Å². The first-order chi connectivity index (χ1) is 14.2. The zero-order chi connectivity index (χ0) is 20.1. The van der Waals surface area contributed by atoms with Gasteiger partial charge in [0.05, 0.1) is 5.92 Å². The van der Waals surface area contributed by atoms with Gasteiger partial charge in [-0.2, -0.15) is 0 Å². The molecule has 0 N–H and O–H groups in total. The summed E-state index contributed by atoms with van der Waals surface area (Å²) in [5, 5.41) is 0. The highest BCUT2D eigenvalue weighted by atomic mass is 16.2. The van der Waals surface area contributed by atoms with E-state index in [1.54, 1.807) is 29.4 Å². The van der Waals surface area contributed by atoms with Crippen molar-refractivity contribution in [1.29, 1.82) is 0 Å². The Balaban J connectivity index is 1.49. The number of nitrogens with zero attached hydrogens (tertiary/aromatic N) is 3. The molecule has 1 aliphatic heterocycles. The highest BCUT2D eigenvalue weighted by molar-refractivity contribution is 5.94. The first kappa shape index (κ1) is 18.9. The number of amides is 2. The van der Waals surface area contributed by atoms with Crippen molar-refractivity contribution in [2.75, 3.05) is 26.2 Å². The standard InChI is InChI=1S/C24H23N3O2/c28-23(21-11-13-25-14-12-21)26-15-17-27(18-16-26)24(29)22(19-7-3-1-4-8-19)20-9-5-2-6-10-20/h1-14,22H,15-18H2. The molecule has 5 nitrogen and oxygen atoms in total. The molecular weight excluding hydrogens is 362 g/mol. The lowest BCUT2D eigenvalue weighted by atomic mass is 9.90. The molecule has 0 aliphatic carbocycles. The lowest BCUT2D eigenvalue weighted by Crippen LogP contribution is -2.51. The number of carbonyl (C=O) groups is 2. The second-order valence-electron chi connectivity index (χ2n) is 7.11. The second kappa shape index (κ2) is 8.69. The molecule has 4 rings (SSSR count). The van der Waals surface area contributed by atoms with Crippen LogP contribution in [0.2, 0.25) is 0 Å². The van der Waals surface area contributed by atoms with Gasteiger partial charge >= 0.3 is 0 Å². The van der Waals surface area contributed by atoms with Gasteiger partial charge in [-0.1, -0.05) is 60.7 Å². The Morgan fingerprint density at radius 2 is 1.17 bits per heavy atom. The van der Waals surface area contributed by atoms with Crippen LogP contribution in [0.3, 0.4) is 0 Å². The fourth-order valence-electron chi connectivity index (χ4n) is 3.76. The topological polar surface area (TPSA) is 53.5 Å². The Bertz CT molecular complexity index is 914. The maximum Gasteiger partial charge on any atom is 0.254 e. The molecule has 2 heterocycles. The van der Waals surface area contributed by atoms with E-state index in [-0.39, 0.29) is 17.7 Å². The first-order valence-electron chi connectivity index (χ1n) is 9.82. The molecule has 2 amide bonds. The number of aromatic nitrogens is 1. The predicted molar refractivity (Wildman–Crippen MR) is 111 cm³/mol. The van der Waals surface area contributed by atoms with Gasteiger partial charge < -0.3 is 9.80 Å². The van der Waals surface area contributed by atoms with Crippen molar-refractivity contribution in [3.63, 3.8) is 0 Å². The molecule has 1 aromatic heterocycles. The summed E-state index contributed by atoms with van der Waals surface area (Å²) in [7, 11) is 0. The monoisotopic (exact) mass is 385 g/mol. The molecule has 29 heavy (non-hydrogen) atoms. The van der Waals surface area contributed by atoms with E-state index >= 15 is 0 Å². The minimum atomic E-state index is -0.333. The maximum absolute atomic E-state index is 13.5. The molecule has 0 spiro atoms. The number of benzene rings is 2. The van der Waals surface area contributed by atoms with E-state index in [1.807, 2.05) is 65.6 Å². The lowest BCUT2D eigenvalue weighted by molar-refractivity contribution is -0.133. The summed E-state index contributed by atoms with van der Waals surface area (Å²) in [5.41, 5.74) is 2.60. The number of pyridine rings is 1. The summed E-state index contributed by atoms with van der Waals surface area (Å²) in [6.07, 6.45) is 3.24. The van der Waals surface area contributed by atoms with E-state index in [2.05, 4.69) is 4.98 Å². The van der Waals surface area contributed by atoms with E-state index in [0.717, 1.165) is 11.1 Å². The molecule has 0 atom stereocenters. The fourth-order valence-corrected chi connectivity index (χ4v) is 3.76.